The van der Waals surface area contributed by atoms with E-state index in [0.29, 0.717) is 0 Å². The Bertz CT molecular complexity index is 646. The first-order chi connectivity index (χ1) is 9.84. The lowest BCUT2D eigenvalue weighted by molar-refractivity contribution is 0.179. The van der Waals surface area contributed by atoms with E-state index < -0.39 is 20.7 Å². The summed E-state index contributed by atoms with van der Waals surface area (Å²) in [4.78, 5) is -0.516. The number of methoxy groups -OCH3 is 1. The van der Waals surface area contributed by atoms with E-state index in [2.05, 4.69) is 15.9 Å². The molecule has 0 atom stereocenters. The number of rotatable bonds is 7. The van der Waals surface area contributed by atoms with Crippen LogP contribution in [0, 0.1) is 17.1 Å². The number of hydrogen-bond acceptors (Lipinski definition) is 5. The fraction of sp³-hybridized carbons (Fsp3) is 0.417. The Morgan fingerprint density at radius 3 is 2.71 bits per heavy atom. The number of sulfonamides is 1. The maximum absolute atomic E-state index is 13.9. The third-order valence-corrected chi connectivity index (χ3v) is 5.29. The molecule has 0 aliphatic rings. The molecule has 6 nitrogen and oxygen atoms in total. The van der Waals surface area contributed by atoms with Crippen molar-refractivity contribution in [3.63, 3.8) is 0 Å². The van der Waals surface area contributed by atoms with Crippen LogP contribution >= 0.6 is 15.9 Å². The Hall–Kier alpha value is -1.21. The summed E-state index contributed by atoms with van der Waals surface area (Å²) in [5, 5.41) is 8.61. The maximum Gasteiger partial charge on any atom is 0.246 e. The van der Waals surface area contributed by atoms with Crippen molar-refractivity contribution in [1.29, 1.82) is 5.26 Å². The maximum atomic E-state index is 13.9. The van der Waals surface area contributed by atoms with E-state index in [0.717, 1.165) is 16.4 Å². The van der Waals surface area contributed by atoms with Crippen LogP contribution in [0.25, 0.3) is 0 Å². The number of halogens is 2. The van der Waals surface area contributed by atoms with Crippen LogP contribution in [0.3, 0.4) is 0 Å². The minimum absolute atomic E-state index is 0.00340. The van der Waals surface area contributed by atoms with Crippen LogP contribution in [-0.2, 0) is 14.8 Å². The quantitative estimate of drug-likeness (QED) is 0.727. The summed E-state index contributed by atoms with van der Waals surface area (Å²) in [5.74, 6) is -0.907. The molecule has 9 heteroatoms. The summed E-state index contributed by atoms with van der Waals surface area (Å²) in [6.07, 6.45) is -0.00340. The van der Waals surface area contributed by atoms with E-state index in [1.165, 1.54) is 7.11 Å². The number of ether oxygens (including phenoxy) is 1. The first-order valence-corrected chi connectivity index (χ1v) is 8.18. The van der Waals surface area contributed by atoms with Crippen LogP contribution in [0.4, 0.5) is 10.1 Å². The molecule has 0 bridgehead atoms. The van der Waals surface area contributed by atoms with Gasteiger partial charge in [-0.2, -0.15) is 9.57 Å². The zero-order valence-electron chi connectivity index (χ0n) is 11.3. The SMILES string of the molecule is COCCN(CCC#N)S(=O)(=O)c1cc(N)c(Br)cc1F. The molecule has 21 heavy (non-hydrogen) atoms. The molecule has 0 saturated heterocycles. The van der Waals surface area contributed by atoms with E-state index in [1.54, 1.807) is 0 Å². The van der Waals surface area contributed by atoms with Crippen molar-refractivity contribution in [3.8, 4) is 6.07 Å². The van der Waals surface area contributed by atoms with Gasteiger partial charge in [0.1, 0.15) is 10.7 Å². The minimum atomic E-state index is -4.09. The minimum Gasteiger partial charge on any atom is -0.398 e. The topological polar surface area (TPSA) is 96.4 Å². The number of hydrogen-bond donors (Lipinski definition) is 1. The van der Waals surface area contributed by atoms with Crippen molar-refractivity contribution in [2.75, 3.05) is 32.5 Å². The summed E-state index contributed by atoms with van der Waals surface area (Å²) in [6.45, 7) is 0.117. The highest BCUT2D eigenvalue weighted by molar-refractivity contribution is 9.10. The van der Waals surface area contributed by atoms with Gasteiger partial charge >= 0.3 is 0 Å². The lowest BCUT2D eigenvalue weighted by atomic mass is 10.3. The standard InChI is InChI=1S/C12H15BrFN3O3S/c1-20-6-5-17(4-2-3-15)21(18,19)12-8-11(16)9(13)7-10(12)14/h7-8H,2,4-6,16H2,1H3. The lowest BCUT2D eigenvalue weighted by Gasteiger charge is -2.21. The predicted octanol–water partition coefficient (Wildman–Crippen LogP) is 1.72. The van der Waals surface area contributed by atoms with Crippen molar-refractivity contribution < 1.29 is 17.5 Å². The Morgan fingerprint density at radius 2 is 2.14 bits per heavy atom. The number of benzene rings is 1. The van der Waals surface area contributed by atoms with Gasteiger partial charge in [-0.1, -0.05) is 0 Å². The molecule has 0 fully saturated rings. The van der Waals surface area contributed by atoms with Gasteiger partial charge in [-0.3, -0.25) is 0 Å². The molecule has 0 aliphatic heterocycles. The first-order valence-electron chi connectivity index (χ1n) is 5.95. The molecule has 0 radical (unpaired) electrons. The van der Waals surface area contributed by atoms with Crippen molar-refractivity contribution in [2.24, 2.45) is 0 Å². The normalized spacial score (nSPS) is 11.6. The second-order valence-corrected chi connectivity index (χ2v) is 6.87. The molecule has 0 aromatic heterocycles. The summed E-state index contributed by atoms with van der Waals surface area (Å²) in [7, 11) is -2.67. The van der Waals surface area contributed by atoms with Gasteiger partial charge in [-0.05, 0) is 28.1 Å². The zero-order chi connectivity index (χ0) is 16.0. The lowest BCUT2D eigenvalue weighted by Crippen LogP contribution is -2.35. The predicted molar refractivity (Wildman–Crippen MR) is 79.4 cm³/mol. The Balaban J connectivity index is 3.22. The molecule has 1 aromatic carbocycles. The Kier molecular flexibility index (Phi) is 6.54. The third kappa shape index (κ3) is 4.38. The molecule has 116 valence electrons. The van der Waals surface area contributed by atoms with Crippen LogP contribution in [0.5, 0.6) is 0 Å². The number of nitrogens with zero attached hydrogens (tertiary/aromatic N) is 2. The summed E-state index contributed by atoms with van der Waals surface area (Å²) in [6, 6.07) is 3.92. The molecule has 0 amide bonds. The summed E-state index contributed by atoms with van der Waals surface area (Å²) >= 11 is 3.03. The van der Waals surface area contributed by atoms with Crippen LogP contribution in [0.1, 0.15) is 6.42 Å². The monoisotopic (exact) mass is 379 g/mol. The smallest absolute Gasteiger partial charge is 0.246 e. The molecule has 1 aromatic rings. The second-order valence-electron chi connectivity index (χ2n) is 4.11. The average Bonchev–Trinajstić information content (AvgIpc) is 2.42. The van der Waals surface area contributed by atoms with Crippen LogP contribution in [0.2, 0.25) is 0 Å². The van der Waals surface area contributed by atoms with Crippen LogP contribution in [0.15, 0.2) is 21.5 Å². The molecule has 0 unspecified atom stereocenters. The van der Waals surface area contributed by atoms with E-state index in [9.17, 15) is 12.8 Å². The molecule has 0 heterocycles. The van der Waals surface area contributed by atoms with E-state index in [4.69, 9.17) is 15.7 Å². The third-order valence-electron chi connectivity index (χ3n) is 2.69. The van der Waals surface area contributed by atoms with Gasteiger partial charge in [-0.25, -0.2) is 12.8 Å². The molecular weight excluding hydrogens is 365 g/mol. The van der Waals surface area contributed by atoms with Crippen molar-refractivity contribution >= 4 is 31.6 Å². The first kappa shape index (κ1) is 17.8. The molecule has 2 N–H and O–H groups in total. The van der Waals surface area contributed by atoms with Crippen LogP contribution < -0.4 is 5.73 Å². The van der Waals surface area contributed by atoms with Crippen LogP contribution in [-0.4, -0.2) is 39.5 Å². The highest BCUT2D eigenvalue weighted by Crippen LogP contribution is 2.28. The fourth-order valence-electron chi connectivity index (χ4n) is 1.60. The molecule has 0 saturated carbocycles. The number of anilines is 1. The van der Waals surface area contributed by atoms with Gasteiger partial charge in [0, 0.05) is 36.8 Å². The average molecular weight is 380 g/mol. The molecule has 0 aliphatic carbocycles. The largest absolute Gasteiger partial charge is 0.398 e. The van der Waals surface area contributed by atoms with Gasteiger partial charge in [-0.15, -0.1) is 0 Å². The van der Waals surface area contributed by atoms with E-state index in [-0.39, 0.29) is 36.3 Å². The second kappa shape index (κ2) is 7.70. The highest BCUT2D eigenvalue weighted by Gasteiger charge is 2.28. The molecular formula is C12H15BrFN3O3S. The van der Waals surface area contributed by atoms with Crippen molar-refractivity contribution in [1.82, 2.24) is 4.31 Å². The number of nitrogen functional groups attached to an aromatic ring is 1. The highest BCUT2D eigenvalue weighted by atomic mass is 79.9. The number of nitrogens with two attached hydrogens (primary N) is 1. The van der Waals surface area contributed by atoms with Gasteiger partial charge in [0.2, 0.25) is 10.0 Å². The van der Waals surface area contributed by atoms with Gasteiger partial charge in [0.25, 0.3) is 0 Å². The van der Waals surface area contributed by atoms with Crippen molar-refractivity contribution in [3.05, 3.63) is 22.4 Å². The number of nitriles is 1. The van der Waals surface area contributed by atoms with Gasteiger partial charge < -0.3 is 10.5 Å². The Labute approximate surface area is 131 Å². The Morgan fingerprint density at radius 1 is 1.48 bits per heavy atom. The summed E-state index contributed by atoms with van der Waals surface area (Å²) < 4.78 is 45.0. The fourth-order valence-corrected chi connectivity index (χ4v) is 3.42. The molecule has 1 rings (SSSR count). The summed E-state index contributed by atoms with van der Waals surface area (Å²) in [5.41, 5.74) is 5.73. The van der Waals surface area contributed by atoms with E-state index in [1.807, 2.05) is 6.07 Å². The zero-order valence-corrected chi connectivity index (χ0v) is 13.7. The van der Waals surface area contributed by atoms with Crippen molar-refractivity contribution in [2.45, 2.75) is 11.3 Å². The molecule has 0 spiro atoms. The van der Waals surface area contributed by atoms with Gasteiger partial charge in [0.15, 0.2) is 0 Å². The van der Waals surface area contributed by atoms with Gasteiger partial charge in [0.05, 0.1) is 12.7 Å². The van der Waals surface area contributed by atoms with E-state index >= 15 is 0 Å².